The molecule has 1 rings (SSSR count). The van der Waals surface area contributed by atoms with Crippen molar-refractivity contribution in [2.75, 3.05) is 13.2 Å². The van der Waals surface area contributed by atoms with Crippen molar-refractivity contribution in [3.05, 3.63) is 29.8 Å². The van der Waals surface area contributed by atoms with Gasteiger partial charge in [-0.05, 0) is 37.8 Å². The van der Waals surface area contributed by atoms with Gasteiger partial charge >= 0.3 is 0 Å². The van der Waals surface area contributed by atoms with Gasteiger partial charge in [0.2, 0.25) is 0 Å². The molecule has 1 aromatic carbocycles. The second-order valence-electron chi connectivity index (χ2n) is 8.80. The molecule has 0 aliphatic heterocycles. The van der Waals surface area contributed by atoms with Crippen LogP contribution in [-0.2, 0) is 5.41 Å². The fraction of sp³-hybridized carbons (Fsp3) is 0.684. The molecule has 120 valence electrons. The average Bonchev–Trinajstić information content (AvgIpc) is 2.33. The molecule has 21 heavy (non-hydrogen) atoms. The summed E-state index contributed by atoms with van der Waals surface area (Å²) in [6.45, 7) is 19.4. The first kappa shape index (κ1) is 18.0. The van der Waals surface area contributed by atoms with Gasteiger partial charge in [-0.25, -0.2) is 0 Å². The molecule has 0 radical (unpaired) electrons. The Balaban J connectivity index is 2.71. The van der Waals surface area contributed by atoms with Gasteiger partial charge in [-0.15, -0.1) is 0 Å². The zero-order valence-corrected chi connectivity index (χ0v) is 15.1. The lowest BCUT2D eigenvalue weighted by Crippen LogP contribution is -2.43. The van der Waals surface area contributed by atoms with E-state index < -0.39 is 0 Å². The second kappa shape index (κ2) is 6.39. The Morgan fingerprint density at radius 3 is 2.00 bits per heavy atom. The highest BCUT2D eigenvalue weighted by atomic mass is 16.5. The highest BCUT2D eigenvalue weighted by Gasteiger charge is 2.24. The first-order valence-corrected chi connectivity index (χ1v) is 7.88. The van der Waals surface area contributed by atoms with Crippen LogP contribution >= 0.6 is 0 Å². The first-order chi connectivity index (χ1) is 9.41. The summed E-state index contributed by atoms with van der Waals surface area (Å²) in [5, 5.41) is 3.56. The van der Waals surface area contributed by atoms with Crippen LogP contribution in [0.5, 0.6) is 5.75 Å². The average molecular weight is 291 g/mol. The van der Waals surface area contributed by atoms with E-state index in [4.69, 9.17) is 4.74 Å². The summed E-state index contributed by atoms with van der Waals surface area (Å²) in [6, 6.07) is 8.37. The molecular weight excluding hydrogens is 258 g/mol. The SMILES string of the molecule is CC(C)(CNC(C)(C)C)COc1ccccc1C(C)(C)C. The van der Waals surface area contributed by atoms with Crippen LogP contribution in [0, 0.1) is 5.41 Å². The Morgan fingerprint density at radius 2 is 1.48 bits per heavy atom. The Hall–Kier alpha value is -1.02. The Kier molecular flexibility index (Phi) is 5.49. The van der Waals surface area contributed by atoms with Crippen molar-refractivity contribution in [3.63, 3.8) is 0 Å². The van der Waals surface area contributed by atoms with Gasteiger partial charge in [-0.3, -0.25) is 0 Å². The molecule has 0 aliphatic carbocycles. The minimum atomic E-state index is 0.0955. The molecular formula is C19H33NO. The quantitative estimate of drug-likeness (QED) is 0.843. The third kappa shape index (κ3) is 6.52. The summed E-state index contributed by atoms with van der Waals surface area (Å²) in [5.41, 5.74) is 1.60. The van der Waals surface area contributed by atoms with Gasteiger partial charge in [0.05, 0.1) is 6.61 Å². The normalized spacial score (nSPS) is 13.3. The van der Waals surface area contributed by atoms with Crippen molar-refractivity contribution in [1.82, 2.24) is 5.32 Å². The molecule has 0 saturated heterocycles. The van der Waals surface area contributed by atoms with Crippen molar-refractivity contribution in [1.29, 1.82) is 0 Å². The van der Waals surface area contributed by atoms with Crippen LogP contribution in [0.25, 0.3) is 0 Å². The van der Waals surface area contributed by atoms with E-state index in [-0.39, 0.29) is 16.4 Å². The molecule has 0 amide bonds. The van der Waals surface area contributed by atoms with Gasteiger partial charge in [-0.1, -0.05) is 52.8 Å². The number of benzene rings is 1. The van der Waals surface area contributed by atoms with E-state index in [1.54, 1.807) is 0 Å². The minimum Gasteiger partial charge on any atom is -0.493 e. The molecule has 0 bridgehead atoms. The van der Waals surface area contributed by atoms with Crippen LogP contribution in [0.1, 0.15) is 61.0 Å². The third-order valence-electron chi connectivity index (χ3n) is 3.41. The molecule has 2 nitrogen and oxygen atoms in total. The summed E-state index contributed by atoms with van der Waals surface area (Å²) in [5.74, 6) is 1.01. The molecule has 2 heteroatoms. The maximum Gasteiger partial charge on any atom is 0.123 e. The molecule has 0 aliphatic rings. The Bertz CT molecular complexity index is 449. The van der Waals surface area contributed by atoms with Gasteiger partial charge in [0.25, 0.3) is 0 Å². The number of nitrogens with one attached hydrogen (secondary N) is 1. The van der Waals surface area contributed by atoms with E-state index in [1.165, 1.54) is 5.56 Å². The molecule has 0 atom stereocenters. The number of hydrogen-bond acceptors (Lipinski definition) is 2. The predicted octanol–water partition coefficient (Wildman–Crippen LogP) is 4.78. The maximum absolute atomic E-state index is 6.15. The van der Waals surface area contributed by atoms with E-state index in [2.05, 4.69) is 78.9 Å². The van der Waals surface area contributed by atoms with Crippen LogP contribution in [0.3, 0.4) is 0 Å². The highest BCUT2D eigenvalue weighted by molar-refractivity contribution is 5.38. The lowest BCUT2D eigenvalue weighted by molar-refractivity contribution is 0.163. The predicted molar refractivity (Wildman–Crippen MR) is 92.2 cm³/mol. The second-order valence-corrected chi connectivity index (χ2v) is 8.80. The fourth-order valence-corrected chi connectivity index (χ4v) is 2.04. The first-order valence-electron chi connectivity index (χ1n) is 7.88. The van der Waals surface area contributed by atoms with Crippen LogP contribution in [0.4, 0.5) is 0 Å². The van der Waals surface area contributed by atoms with Crippen molar-refractivity contribution in [2.24, 2.45) is 5.41 Å². The highest BCUT2D eigenvalue weighted by Crippen LogP contribution is 2.32. The van der Waals surface area contributed by atoms with Crippen molar-refractivity contribution in [2.45, 2.75) is 66.3 Å². The molecule has 0 unspecified atom stereocenters. The molecule has 1 N–H and O–H groups in total. The van der Waals surface area contributed by atoms with Gasteiger partial charge < -0.3 is 10.1 Å². The van der Waals surface area contributed by atoms with Crippen molar-refractivity contribution < 1.29 is 4.74 Å². The monoisotopic (exact) mass is 291 g/mol. The number of hydrogen-bond donors (Lipinski definition) is 1. The largest absolute Gasteiger partial charge is 0.493 e. The molecule has 0 saturated carbocycles. The smallest absolute Gasteiger partial charge is 0.123 e. The lowest BCUT2D eigenvalue weighted by atomic mass is 9.86. The van der Waals surface area contributed by atoms with Gasteiger partial charge in [0.15, 0.2) is 0 Å². The summed E-state index contributed by atoms with van der Waals surface area (Å²) in [7, 11) is 0. The zero-order valence-electron chi connectivity index (χ0n) is 15.1. The molecule has 0 spiro atoms. The minimum absolute atomic E-state index is 0.0955. The number of rotatable bonds is 5. The van der Waals surface area contributed by atoms with Gasteiger partial charge in [0, 0.05) is 17.5 Å². The standard InChI is InChI=1S/C19H33NO/c1-17(2,3)15-11-9-10-12-16(15)21-14-19(7,8)13-20-18(4,5)6/h9-12,20H,13-14H2,1-8H3. The molecule has 0 fully saturated rings. The van der Waals surface area contributed by atoms with Crippen molar-refractivity contribution >= 4 is 0 Å². The van der Waals surface area contributed by atoms with Crippen LogP contribution in [0.2, 0.25) is 0 Å². The Morgan fingerprint density at radius 1 is 0.905 bits per heavy atom. The Labute approximate surface area is 131 Å². The van der Waals surface area contributed by atoms with E-state index in [0.717, 1.165) is 12.3 Å². The van der Waals surface area contributed by atoms with Gasteiger partial charge in [-0.2, -0.15) is 0 Å². The topological polar surface area (TPSA) is 21.3 Å². The molecule has 0 heterocycles. The van der Waals surface area contributed by atoms with Crippen molar-refractivity contribution in [3.8, 4) is 5.75 Å². The van der Waals surface area contributed by atoms with E-state index in [1.807, 2.05) is 6.07 Å². The maximum atomic E-state index is 6.15. The van der Waals surface area contributed by atoms with Crippen LogP contribution < -0.4 is 10.1 Å². The lowest BCUT2D eigenvalue weighted by Gasteiger charge is -2.31. The molecule has 1 aromatic rings. The number of para-hydroxylation sites is 1. The summed E-state index contributed by atoms with van der Waals surface area (Å²) in [4.78, 5) is 0. The molecule has 0 aromatic heterocycles. The van der Waals surface area contributed by atoms with Crippen LogP contribution in [-0.4, -0.2) is 18.7 Å². The summed E-state index contributed by atoms with van der Waals surface area (Å²) < 4.78 is 6.15. The van der Waals surface area contributed by atoms with E-state index in [9.17, 15) is 0 Å². The van der Waals surface area contributed by atoms with Gasteiger partial charge in [0.1, 0.15) is 5.75 Å². The fourth-order valence-electron chi connectivity index (χ4n) is 2.04. The zero-order chi connectivity index (χ0) is 16.3. The number of ether oxygens (including phenoxy) is 1. The summed E-state index contributed by atoms with van der Waals surface area (Å²) >= 11 is 0. The van der Waals surface area contributed by atoms with Crippen LogP contribution in [0.15, 0.2) is 24.3 Å². The van der Waals surface area contributed by atoms with E-state index in [0.29, 0.717) is 6.61 Å². The summed E-state index contributed by atoms with van der Waals surface area (Å²) in [6.07, 6.45) is 0. The third-order valence-corrected chi connectivity index (χ3v) is 3.41. The van der Waals surface area contributed by atoms with E-state index >= 15 is 0 Å².